The minimum absolute atomic E-state index is 0.113. The van der Waals surface area contributed by atoms with Crippen LogP contribution in [-0.4, -0.2) is 37.9 Å². The van der Waals surface area contributed by atoms with Crippen LogP contribution in [0, 0.1) is 12.3 Å². The highest BCUT2D eigenvalue weighted by molar-refractivity contribution is 5.84. The second-order valence-corrected chi connectivity index (χ2v) is 9.74. The molecule has 6 nitrogen and oxygen atoms in total. The van der Waals surface area contributed by atoms with Crippen molar-refractivity contribution in [2.24, 2.45) is 12.5 Å². The summed E-state index contributed by atoms with van der Waals surface area (Å²) in [7, 11) is 1.94. The number of aryl methyl sites for hydroxylation is 2. The van der Waals surface area contributed by atoms with Gasteiger partial charge in [-0.1, -0.05) is 30.3 Å². The van der Waals surface area contributed by atoms with Crippen LogP contribution in [0.2, 0.25) is 0 Å². The minimum Gasteiger partial charge on any atom is -0.390 e. The monoisotopic (exact) mass is 439 g/mol. The van der Waals surface area contributed by atoms with Gasteiger partial charge in [0.15, 0.2) is 5.82 Å². The molecule has 6 heteroatoms. The van der Waals surface area contributed by atoms with E-state index >= 15 is 0 Å². The molecule has 33 heavy (non-hydrogen) atoms. The Kier molecular flexibility index (Phi) is 4.73. The molecule has 1 N–H and O–H groups in total. The molecule has 0 atom stereocenters. The van der Waals surface area contributed by atoms with Gasteiger partial charge in [-0.25, -0.2) is 9.97 Å². The number of piperidine rings is 1. The first-order valence-electron chi connectivity index (χ1n) is 11.8. The first-order chi connectivity index (χ1) is 16.0. The van der Waals surface area contributed by atoms with Gasteiger partial charge in [0.2, 0.25) is 0 Å². The van der Waals surface area contributed by atoms with E-state index in [1.165, 1.54) is 24.0 Å². The van der Waals surface area contributed by atoms with E-state index in [-0.39, 0.29) is 6.61 Å². The Bertz CT molecular complexity index is 1320. The van der Waals surface area contributed by atoms with Crippen molar-refractivity contribution in [3.63, 3.8) is 0 Å². The fraction of sp³-hybridized carbons (Fsp3) is 0.370. The highest BCUT2D eigenvalue weighted by atomic mass is 16.3. The fourth-order valence-corrected chi connectivity index (χ4v) is 5.81. The first-order valence-corrected chi connectivity index (χ1v) is 11.8. The summed E-state index contributed by atoms with van der Waals surface area (Å²) in [5, 5.41) is 15.6. The second kappa shape index (κ2) is 7.66. The number of benzene rings is 2. The van der Waals surface area contributed by atoms with Gasteiger partial charge in [-0.05, 0) is 61.3 Å². The fourth-order valence-electron chi connectivity index (χ4n) is 5.81. The average Bonchev–Trinajstić information content (AvgIpc) is 3.39. The van der Waals surface area contributed by atoms with Gasteiger partial charge in [-0.2, -0.15) is 5.10 Å². The molecule has 0 saturated carbocycles. The summed E-state index contributed by atoms with van der Waals surface area (Å²) in [6.45, 7) is 3.81. The highest BCUT2D eigenvalue weighted by Gasteiger charge is 2.40. The van der Waals surface area contributed by atoms with Crippen molar-refractivity contribution in [2.45, 2.75) is 39.2 Å². The smallest absolute Gasteiger partial charge is 0.153 e. The summed E-state index contributed by atoms with van der Waals surface area (Å²) >= 11 is 0. The van der Waals surface area contributed by atoms with Gasteiger partial charge in [0, 0.05) is 31.1 Å². The molecule has 1 aliphatic carbocycles. The Morgan fingerprint density at radius 2 is 1.73 bits per heavy atom. The van der Waals surface area contributed by atoms with E-state index < -0.39 is 0 Å². The lowest BCUT2D eigenvalue weighted by molar-refractivity contribution is 0.231. The van der Waals surface area contributed by atoms with E-state index in [9.17, 15) is 5.11 Å². The number of nitrogens with zero attached hydrogens (tertiary/aromatic N) is 5. The van der Waals surface area contributed by atoms with E-state index in [1.807, 2.05) is 24.9 Å². The van der Waals surface area contributed by atoms with Crippen LogP contribution in [0.5, 0.6) is 0 Å². The molecule has 2 aromatic heterocycles. The van der Waals surface area contributed by atoms with E-state index in [1.54, 1.807) is 0 Å². The molecule has 2 aliphatic rings. The average molecular weight is 440 g/mol. The van der Waals surface area contributed by atoms with Gasteiger partial charge >= 0.3 is 0 Å². The molecular formula is C27H29N5O. The van der Waals surface area contributed by atoms with E-state index in [0.29, 0.717) is 11.1 Å². The molecule has 1 saturated heterocycles. The Morgan fingerprint density at radius 1 is 1.00 bits per heavy atom. The molecular weight excluding hydrogens is 410 g/mol. The molecule has 1 fully saturated rings. The second-order valence-electron chi connectivity index (χ2n) is 9.74. The molecule has 3 heterocycles. The van der Waals surface area contributed by atoms with Gasteiger partial charge in [0.1, 0.15) is 5.69 Å². The first kappa shape index (κ1) is 20.4. The zero-order valence-electron chi connectivity index (χ0n) is 19.3. The third-order valence-electron chi connectivity index (χ3n) is 7.66. The van der Waals surface area contributed by atoms with Gasteiger partial charge in [0.05, 0.1) is 29.7 Å². The SMILES string of the molecule is Cc1nc(N2CCC3(CC2)Cc2ccccc2C3)c(CO)nc1-c1ccc2c(cnn2C)c1. The zero-order chi connectivity index (χ0) is 22.6. The maximum atomic E-state index is 10.2. The molecule has 4 aromatic rings. The quantitative estimate of drug-likeness (QED) is 0.518. The van der Waals surface area contributed by atoms with E-state index in [0.717, 1.165) is 59.6 Å². The van der Waals surface area contributed by atoms with Crippen LogP contribution in [0.4, 0.5) is 5.82 Å². The Labute approximate surface area is 193 Å². The molecule has 0 amide bonds. The largest absolute Gasteiger partial charge is 0.390 e. The summed E-state index contributed by atoms with van der Waals surface area (Å²) in [5.74, 6) is 0.839. The number of hydrogen-bond acceptors (Lipinski definition) is 5. The Morgan fingerprint density at radius 3 is 2.42 bits per heavy atom. The molecule has 168 valence electrons. The third-order valence-corrected chi connectivity index (χ3v) is 7.66. The van der Waals surface area contributed by atoms with Crippen LogP contribution in [0.15, 0.2) is 48.7 Å². The van der Waals surface area contributed by atoms with Gasteiger partial charge in [0.25, 0.3) is 0 Å². The zero-order valence-corrected chi connectivity index (χ0v) is 19.3. The number of hydrogen-bond donors (Lipinski definition) is 1. The Hall–Kier alpha value is -3.25. The van der Waals surface area contributed by atoms with Crippen LogP contribution in [0.3, 0.4) is 0 Å². The summed E-state index contributed by atoms with van der Waals surface area (Å²) in [6.07, 6.45) is 6.53. The molecule has 1 spiro atoms. The number of aliphatic hydroxyl groups is 1. The van der Waals surface area contributed by atoms with Crippen molar-refractivity contribution < 1.29 is 5.11 Å². The molecule has 0 bridgehead atoms. The van der Waals surface area contributed by atoms with Crippen LogP contribution in [0.1, 0.15) is 35.4 Å². The van der Waals surface area contributed by atoms with Crippen molar-refractivity contribution >= 4 is 16.7 Å². The van der Waals surface area contributed by atoms with Gasteiger partial charge < -0.3 is 10.0 Å². The molecule has 0 unspecified atom stereocenters. The van der Waals surface area contributed by atoms with Gasteiger partial charge in [-0.15, -0.1) is 0 Å². The van der Waals surface area contributed by atoms with Crippen LogP contribution < -0.4 is 4.90 Å². The van der Waals surface area contributed by atoms with Crippen LogP contribution in [-0.2, 0) is 26.5 Å². The maximum Gasteiger partial charge on any atom is 0.153 e. The third kappa shape index (κ3) is 3.40. The minimum atomic E-state index is -0.113. The molecule has 2 aromatic carbocycles. The van der Waals surface area contributed by atoms with Crippen molar-refractivity contribution in [2.75, 3.05) is 18.0 Å². The van der Waals surface area contributed by atoms with Gasteiger partial charge in [-0.3, -0.25) is 4.68 Å². The van der Waals surface area contributed by atoms with Crippen molar-refractivity contribution in [1.29, 1.82) is 0 Å². The number of rotatable bonds is 3. The van der Waals surface area contributed by atoms with Crippen LogP contribution in [0.25, 0.3) is 22.2 Å². The molecule has 0 radical (unpaired) electrons. The maximum absolute atomic E-state index is 10.2. The number of aromatic nitrogens is 4. The highest BCUT2D eigenvalue weighted by Crippen LogP contribution is 2.45. The standard InChI is InChI=1S/C27H29N5O/c1-18-25(19-7-8-24-22(13-19)16-28-31(24)2)30-23(17-33)26(29-18)32-11-9-27(10-12-32)14-20-5-3-4-6-21(20)15-27/h3-8,13,16,33H,9-12,14-15,17H2,1-2H3. The van der Waals surface area contributed by atoms with Crippen molar-refractivity contribution in [3.05, 3.63) is 71.2 Å². The lowest BCUT2D eigenvalue weighted by Gasteiger charge is -2.40. The van der Waals surface area contributed by atoms with Crippen molar-refractivity contribution in [3.8, 4) is 11.3 Å². The number of anilines is 1. The number of aliphatic hydroxyl groups excluding tert-OH is 1. The number of fused-ring (bicyclic) bond motifs is 2. The molecule has 1 aliphatic heterocycles. The lowest BCUT2D eigenvalue weighted by atomic mass is 9.76. The summed E-state index contributed by atoms with van der Waals surface area (Å²) < 4.78 is 1.87. The lowest BCUT2D eigenvalue weighted by Crippen LogP contribution is -2.41. The Balaban J connectivity index is 1.27. The molecule has 6 rings (SSSR count). The topological polar surface area (TPSA) is 67.1 Å². The van der Waals surface area contributed by atoms with E-state index in [4.69, 9.17) is 9.97 Å². The van der Waals surface area contributed by atoms with Crippen LogP contribution >= 0.6 is 0 Å². The predicted octanol–water partition coefficient (Wildman–Crippen LogP) is 4.22. The van der Waals surface area contributed by atoms with E-state index in [2.05, 4.69) is 52.5 Å². The van der Waals surface area contributed by atoms with Crippen molar-refractivity contribution in [1.82, 2.24) is 19.7 Å². The normalized spacial score (nSPS) is 17.1. The predicted molar refractivity (Wildman–Crippen MR) is 130 cm³/mol. The summed E-state index contributed by atoms with van der Waals surface area (Å²) in [4.78, 5) is 12.2. The summed E-state index contributed by atoms with van der Waals surface area (Å²) in [5.41, 5.74) is 7.88. The summed E-state index contributed by atoms with van der Waals surface area (Å²) in [6, 6.07) is 15.1.